The Kier molecular flexibility index (Phi) is 3.93. The first-order valence-electron chi connectivity index (χ1n) is 6.20. The molecule has 108 valence electrons. The highest BCUT2D eigenvalue weighted by molar-refractivity contribution is 7.92. The van der Waals surface area contributed by atoms with E-state index in [4.69, 9.17) is 5.73 Å². The first-order valence-corrected chi connectivity index (χ1v) is 7.68. The summed E-state index contributed by atoms with van der Waals surface area (Å²) in [5.41, 5.74) is 6.89. The molecule has 0 radical (unpaired) electrons. The Morgan fingerprint density at radius 2 is 2.20 bits per heavy atom. The van der Waals surface area contributed by atoms with Crippen LogP contribution in [0.15, 0.2) is 29.6 Å². The van der Waals surface area contributed by atoms with Crippen LogP contribution in [0.25, 0.3) is 0 Å². The lowest BCUT2D eigenvalue weighted by atomic mass is 10.3. The fraction of sp³-hybridized carbons (Fsp3) is 0.333. The maximum atomic E-state index is 12.3. The molecule has 0 amide bonds. The van der Waals surface area contributed by atoms with Crippen LogP contribution in [0.2, 0.25) is 0 Å². The van der Waals surface area contributed by atoms with Crippen LogP contribution in [0.5, 0.6) is 0 Å². The molecule has 7 nitrogen and oxygen atoms in total. The maximum absolute atomic E-state index is 12.3. The lowest BCUT2D eigenvalue weighted by Gasteiger charge is -2.08. The van der Waals surface area contributed by atoms with E-state index in [1.807, 2.05) is 6.92 Å². The first kappa shape index (κ1) is 14.3. The van der Waals surface area contributed by atoms with Gasteiger partial charge in [-0.3, -0.25) is 14.4 Å². The van der Waals surface area contributed by atoms with Crippen molar-refractivity contribution >= 4 is 21.5 Å². The fourth-order valence-corrected chi connectivity index (χ4v) is 2.93. The van der Waals surface area contributed by atoms with Crippen LogP contribution in [-0.2, 0) is 16.6 Å². The molecule has 0 aliphatic heterocycles. The molecule has 2 heterocycles. The number of rotatable bonds is 5. The summed E-state index contributed by atoms with van der Waals surface area (Å²) in [7, 11) is -3.76. The SMILES string of the molecule is CCCn1cc(S(=O)(=O)Nc2cnccc2C)c(N)n1. The standard InChI is InChI=1S/C12H17N5O2S/c1-3-6-17-8-11(12(13)15-17)20(18,19)16-10-7-14-5-4-9(10)2/h4-5,7-8,16H,3,6H2,1-2H3,(H2,13,15). The largest absolute Gasteiger partial charge is 0.381 e. The van der Waals surface area contributed by atoms with Crippen molar-refractivity contribution < 1.29 is 8.42 Å². The summed E-state index contributed by atoms with van der Waals surface area (Å²) in [5, 5.41) is 3.99. The monoisotopic (exact) mass is 295 g/mol. The van der Waals surface area contributed by atoms with Gasteiger partial charge in [0.25, 0.3) is 10.0 Å². The molecule has 0 fully saturated rings. The van der Waals surface area contributed by atoms with Gasteiger partial charge in [0.05, 0.1) is 11.9 Å². The van der Waals surface area contributed by atoms with Crippen molar-refractivity contribution in [2.45, 2.75) is 31.7 Å². The van der Waals surface area contributed by atoms with E-state index in [1.165, 1.54) is 17.1 Å². The third kappa shape index (κ3) is 2.90. The molecule has 2 rings (SSSR count). The van der Waals surface area contributed by atoms with Crippen LogP contribution in [-0.4, -0.2) is 23.2 Å². The molecular formula is C12H17N5O2S. The van der Waals surface area contributed by atoms with Crippen molar-refractivity contribution in [2.75, 3.05) is 10.5 Å². The van der Waals surface area contributed by atoms with Crippen LogP contribution in [0.1, 0.15) is 18.9 Å². The summed E-state index contributed by atoms with van der Waals surface area (Å²) in [4.78, 5) is 3.88. The van der Waals surface area contributed by atoms with Crippen molar-refractivity contribution in [2.24, 2.45) is 0 Å². The van der Waals surface area contributed by atoms with Gasteiger partial charge in [-0.2, -0.15) is 5.10 Å². The van der Waals surface area contributed by atoms with Crippen molar-refractivity contribution in [3.8, 4) is 0 Å². The van der Waals surface area contributed by atoms with E-state index >= 15 is 0 Å². The number of aromatic nitrogens is 3. The Balaban J connectivity index is 2.33. The zero-order valence-electron chi connectivity index (χ0n) is 11.4. The Bertz CT molecular complexity index is 708. The Hall–Kier alpha value is -2.09. The van der Waals surface area contributed by atoms with Crippen molar-refractivity contribution in [1.82, 2.24) is 14.8 Å². The second-order valence-electron chi connectivity index (χ2n) is 4.44. The molecule has 0 unspecified atom stereocenters. The molecule has 2 aromatic rings. The number of sulfonamides is 1. The first-order chi connectivity index (χ1) is 9.44. The predicted octanol–water partition coefficient (Wildman–Crippen LogP) is 1.38. The maximum Gasteiger partial charge on any atom is 0.267 e. The molecule has 0 spiro atoms. The van der Waals surface area contributed by atoms with Crippen LogP contribution in [0.4, 0.5) is 11.5 Å². The molecule has 3 N–H and O–H groups in total. The third-order valence-corrected chi connectivity index (χ3v) is 4.16. The van der Waals surface area contributed by atoms with E-state index in [9.17, 15) is 8.42 Å². The van der Waals surface area contributed by atoms with Gasteiger partial charge in [0.1, 0.15) is 4.90 Å². The number of pyridine rings is 1. The van der Waals surface area contributed by atoms with Gasteiger partial charge in [0, 0.05) is 18.9 Å². The smallest absolute Gasteiger partial charge is 0.267 e. The molecular weight excluding hydrogens is 278 g/mol. The van der Waals surface area contributed by atoms with Gasteiger partial charge in [-0.25, -0.2) is 8.42 Å². The minimum Gasteiger partial charge on any atom is -0.381 e. The number of nitrogens with one attached hydrogen (secondary N) is 1. The molecule has 20 heavy (non-hydrogen) atoms. The molecule has 8 heteroatoms. The normalized spacial score (nSPS) is 11.5. The molecule has 0 aromatic carbocycles. The van der Waals surface area contributed by atoms with E-state index < -0.39 is 10.0 Å². The van der Waals surface area contributed by atoms with E-state index in [0.29, 0.717) is 12.2 Å². The molecule has 0 aliphatic carbocycles. The number of nitrogen functional groups attached to an aromatic ring is 1. The zero-order chi connectivity index (χ0) is 14.8. The fourth-order valence-electron chi connectivity index (χ4n) is 1.74. The van der Waals surface area contributed by atoms with Crippen LogP contribution in [0.3, 0.4) is 0 Å². The van der Waals surface area contributed by atoms with Gasteiger partial charge in [-0.1, -0.05) is 6.92 Å². The van der Waals surface area contributed by atoms with Crippen LogP contribution in [0, 0.1) is 6.92 Å². The average molecular weight is 295 g/mol. The van der Waals surface area contributed by atoms with Crippen molar-refractivity contribution in [1.29, 1.82) is 0 Å². The topological polar surface area (TPSA) is 103 Å². The number of aryl methyl sites for hydroxylation is 2. The van der Waals surface area contributed by atoms with E-state index in [1.54, 1.807) is 19.2 Å². The van der Waals surface area contributed by atoms with Crippen LogP contribution >= 0.6 is 0 Å². The molecule has 0 saturated carbocycles. The lowest BCUT2D eigenvalue weighted by Crippen LogP contribution is -2.14. The second kappa shape index (κ2) is 5.49. The Morgan fingerprint density at radius 1 is 1.45 bits per heavy atom. The Labute approximate surface area is 117 Å². The minimum atomic E-state index is -3.76. The number of anilines is 2. The highest BCUT2D eigenvalue weighted by Gasteiger charge is 2.21. The van der Waals surface area contributed by atoms with Gasteiger partial charge in [0.2, 0.25) is 0 Å². The summed E-state index contributed by atoms with van der Waals surface area (Å²) in [6.45, 7) is 4.39. The molecule has 0 atom stereocenters. The zero-order valence-corrected chi connectivity index (χ0v) is 12.2. The molecule has 0 aliphatic rings. The highest BCUT2D eigenvalue weighted by atomic mass is 32.2. The average Bonchev–Trinajstić information content (AvgIpc) is 2.74. The summed E-state index contributed by atoms with van der Waals surface area (Å²) in [5.74, 6) is -0.00695. The van der Waals surface area contributed by atoms with Crippen LogP contribution < -0.4 is 10.5 Å². The lowest BCUT2D eigenvalue weighted by molar-refractivity contribution is 0.595. The summed E-state index contributed by atoms with van der Waals surface area (Å²) < 4.78 is 28.6. The van der Waals surface area contributed by atoms with E-state index in [0.717, 1.165) is 12.0 Å². The number of nitrogens with zero attached hydrogens (tertiary/aromatic N) is 3. The number of nitrogens with two attached hydrogens (primary N) is 1. The molecule has 0 saturated heterocycles. The second-order valence-corrected chi connectivity index (χ2v) is 6.09. The van der Waals surface area contributed by atoms with Crippen molar-refractivity contribution in [3.63, 3.8) is 0 Å². The van der Waals surface area contributed by atoms with Gasteiger partial charge in [-0.15, -0.1) is 0 Å². The third-order valence-electron chi connectivity index (χ3n) is 2.78. The van der Waals surface area contributed by atoms with Gasteiger partial charge < -0.3 is 5.73 Å². The number of hydrogen-bond acceptors (Lipinski definition) is 5. The van der Waals surface area contributed by atoms with E-state index in [2.05, 4.69) is 14.8 Å². The summed E-state index contributed by atoms with van der Waals surface area (Å²) in [6, 6.07) is 1.72. The quantitative estimate of drug-likeness (QED) is 0.867. The van der Waals surface area contributed by atoms with Gasteiger partial charge >= 0.3 is 0 Å². The minimum absolute atomic E-state index is 0.00695. The highest BCUT2D eigenvalue weighted by Crippen LogP contribution is 2.21. The Morgan fingerprint density at radius 3 is 2.85 bits per heavy atom. The van der Waals surface area contributed by atoms with Gasteiger partial charge in [-0.05, 0) is 25.0 Å². The van der Waals surface area contributed by atoms with Gasteiger partial charge in [0.15, 0.2) is 5.82 Å². The van der Waals surface area contributed by atoms with E-state index in [-0.39, 0.29) is 10.7 Å². The summed E-state index contributed by atoms with van der Waals surface area (Å²) >= 11 is 0. The number of hydrogen-bond donors (Lipinski definition) is 2. The summed E-state index contributed by atoms with van der Waals surface area (Å²) in [6.07, 6.45) is 5.34. The van der Waals surface area contributed by atoms with Crippen molar-refractivity contribution in [3.05, 3.63) is 30.2 Å². The predicted molar refractivity (Wildman–Crippen MR) is 76.7 cm³/mol. The molecule has 2 aromatic heterocycles. The molecule has 0 bridgehead atoms.